The normalized spacial score (nSPS) is 22.9. The van der Waals surface area contributed by atoms with Crippen LogP contribution in [0.15, 0.2) is 18.2 Å². The summed E-state index contributed by atoms with van der Waals surface area (Å²) in [6.45, 7) is 4.42. The molecule has 2 saturated heterocycles. The molecule has 0 aliphatic carbocycles. The van der Waals surface area contributed by atoms with Crippen LogP contribution in [0.2, 0.25) is 0 Å². The summed E-state index contributed by atoms with van der Waals surface area (Å²) in [5.41, 5.74) is 2.15. The van der Waals surface area contributed by atoms with Crippen LogP contribution in [-0.2, 0) is 0 Å². The highest BCUT2D eigenvalue weighted by Gasteiger charge is 2.30. The standard InChI is InChI=1S/C16H19N3O/c17-10-14-9-13(12-20)3-4-16(14)19-8-5-15(11-19)18-6-1-2-7-18/h3-4,9,12,15H,1-2,5-8,11H2. The Bertz CT molecular complexity index is 543. The monoisotopic (exact) mass is 269 g/mol. The summed E-state index contributed by atoms with van der Waals surface area (Å²) in [4.78, 5) is 15.7. The highest BCUT2D eigenvalue weighted by atomic mass is 16.1. The summed E-state index contributed by atoms with van der Waals surface area (Å²) in [5.74, 6) is 0. The molecule has 2 aliphatic rings. The minimum atomic E-state index is 0.570. The maximum atomic E-state index is 10.8. The molecule has 0 saturated carbocycles. The second kappa shape index (κ2) is 5.64. The fourth-order valence-corrected chi connectivity index (χ4v) is 3.36. The summed E-state index contributed by atoms with van der Waals surface area (Å²) in [6, 6.07) is 8.23. The van der Waals surface area contributed by atoms with Crippen LogP contribution in [0.25, 0.3) is 0 Å². The molecular weight excluding hydrogens is 250 g/mol. The van der Waals surface area contributed by atoms with E-state index in [0.29, 0.717) is 17.2 Å². The molecule has 3 rings (SSSR count). The lowest BCUT2D eigenvalue weighted by molar-refractivity contribution is 0.112. The zero-order valence-corrected chi connectivity index (χ0v) is 11.6. The average molecular weight is 269 g/mol. The van der Waals surface area contributed by atoms with E-state index in [-0.39, 0.29) is 0 Å². The molecule has 0 aromatic heterocycles. The molecule has 1 aromatic rings. The molecule has 4 nitrogen and oxygen atoms in total. The number of carbonyl (C=O) groups is 1. The van der Waals surface area contributed by atoms with Crippen LogP contribution in [0.1, 0.15) is 35.2 Å². The fourth-order valence-electron chi connectivity index (χ4n) is 3.36. The number of likely N-dealkylation sites (tertiary alicyclic amines) is 1. The van der Waals surface area contributed by atoms with Crippen LogP contribution in [-0.4, -0.2) is 43.4 Å². The molecule has 2 aliphatic heterocycles. The van der Waals surface area contributed by atoms with Gasteiger partial charge >= 0.3 is 0 Å². The summed E-state index contributed by atoms with van der Waals surface area (Å²) in [6.07, 6.45) is 4.59. The quantitative estimate of drug-likeness (QED) is 0.788. The Balaban J connectivity index is 1.77. The highest BCUT2D eigenvalue weighted by molar-refractivity contribution is 5.78. The van der Waals surface area contributed by atoms with Gasteiger partial charge in [0.2, 0.25) is 0 Å². The molecule has 2 heterocycles. The third kappa shape index (κ3) is 2.41. The number of benzene rings is 1. The minimum absolute atomic E-state index is 0.570. The van der Waals surface area contributed by atoms with E-state index in [9.17, 15) is 10.1 Å². The van der Waals surface area contributed by atoms with Crippen molar-refractivity contribution in [1.29, 1.82) is 5.26 Å². The first-order chi connectivity index (χ1) is 9.81. The van der Waals surface area contributed by atoms with Crippen molar-refractivity contribution in [2.45, 2.75) is 25.3 Å². The van der Waals surface area contributed by atoms with Crippen LogP contribution in [0, 0.1) is 11.3 Å². The van der Waals surface area contributed by atoms with Gasteiger partial charge < -0.3 is 4.90 Å². The van der Waals surface area contributed by atoms with E-state index < -0.39 is 0 Å². The number of aldehydes is 1. The molecule has 0 amide bonds. The first-order valence-corrected chi connectivity index (χ1v) is 7.30. The highest BCUT2D eigenvalue weighted by Crippen LogP contribution is 2.28. The Morgan fingerprint density at radius 1 is 1.25 bits per heavy atom. The maximum absolute atomic E-state index is 10.8. The molecule has 1 aromatic carbocycles. The van der Waals surface area contributed by atoms with Crippen molar-refractivity contribution in [3.8, 4) is 6.07 Å². The van der Waals surface area contributed by atoms with Gasteiger partial charge in [-0.2, -0.15) is 5.26 Å². The van der Waals surface area contributed by atoms with Crippen molar-refractivity contribution in [2.24, 2.45) is 0 Å². The van der Waals surface area contributed by atoms with Crippen LogP contribution in [0.3, 0.4) is 0 Å². The second-order valence-electron chi connectivity index (χ2n) is 5.64. The van der Waals surface area contributed by atoms with Crippen molar-refractivity contribution < 1.29 is 4.79 Å². The topological polar surface area (TPSA) is 47.3 Å². The molecule has 0 spiro atoms. The van der Waals surface area contributed by atoms with Crippen molar-refractivity contribution in [2.75, 3.05) is 31.1 Å². The lowest BCUT2D eigenvalue weighted by Crippen LogP contribution is -2.35. The molecule has 0 bridgehead atoms. The van der Waals surface area contributed by atoms with E-state index in [1.54, 1.807) is 12.1 Å². The Hall–Kier alpha value is -1.86. The molecule has 104 valence electrons. The average Bonchev–Trinajstić information content (AvgIpc) is 3.17. The van der Waals surface area contributed by atoms with E-state index in [0.717, 1.165) is 25.1 Å². The Morgan fingerprint density at radius 2 is 2.05 bits per heavy atom. The minimum Gasteiger partial charge on any atom is -0.369 e. The van der Waals surface area contributed by atoms with Gasteiger partial charge in [-0.1, -0.05) is 0 Å². The molecule has 1 unspecified atom stereocenters. The van der Waals surface area contributed by atoms with Gasteiger partial charge in [-0.25, -0.2) is 0 Å². The van der Waals surface area contributed by atoms with Crippen LogP contribution in [0.5, 0.6) is 0 Å². The van der Waals surface area contributed by atoms with Gasteiger partial charge in [0.05, 0.1) is 11.3 Å². The fraction of sp³-hybridized carbons (Fsp3) is 0.500. The number of hydrogen-bond donors (Lipinski definition) is 0. The Morgan fingerprint density at radius 3 is 2.75 bits per heavy atom. The molecule has 4 heteroatoms. The van der Waals surface area contributed by atoms with E-state index >= 15 is 0 Å². The predicted molar refractivity (Wildman–Crippen MR) is 78.0 cm³/mol. The van der Waals surface area contributed by atoms with E-state index in [1.807, 2.05) is 6.07 Å². The maximum Gasteiger partial charge on any atom is 0.150 e. The number of rotatable bonds is 3. The van der Waals surface area contributed by atoms with Crippen LogP contribution < -0.4 is 4.90 Å². The Labute approximate surface area is 119 Å². The third-order valence-electron chi connectivity index (χ3n) is 4.44. The largest absolute Gasteiger partial charge is 0.369 e. The SMILES string of the molecule is N#Cc1cc(C=O)ccc1N1CCC(N2CCCC2)C1. The summed E-state index contributed by atoms with van der Waals surface area (Å²) < 4.78 is 0. The summed E-state index contributed by atoms with van der Waals surface area (Å²) in [5, 5.41) is 9.27. The molecule has 0 N–H and O–H groups in total. The molecular formula is C16H19N3O. The van der Waals surface area contributed by atoms with Gasteiger partial charge in [0.15, 0.2) is 0 Å². The van der Waals surface area contributed by atoms with Crippen molar-refractivity contribution >= 4 is 12.0 Å². The molecule has 0 radical (unpaired) electrons. The molecule has 20 heavy (non-hydrogen) atoms. The lowest BCUT2D eigenvalue weighted by atomic mass is 10.1. The third-order valence-corrected chi connectivity index (χ3v) is 4.44. The number of carbonyl (C=O) groups excluding carboxylic acids is 1. The van der Waals surface area contributed by atoms with Crippen LogP contribution >= 0.6 is 0 Å². The summed E-state index contributed by atoms with van der Waals surface area (Å²) in [7, 11) is 0. The van der Waals surface area contributed by atoms with Crippen molar-refractivity contribution in [3.63, 3.8) is 0 Å². The van der Waals surface area contributed by atoms with E-state index in [2.05, 4.69) is 15.9 Å². The zero-order chi connectivity index (χ0) is 13.9. The molecule has 2 fully saturated rings. The number of nitriles is 1. The van der Waals surface area contributed by atoms with E-state index in [1.165, 1.54) is 32.4 Å². The van der Waals surface area contributed by atoms with Gasteiger partial charge in [0.25, 0.3) is 0 Å². The smallest absolute Gasteiger partial charge is 0.150 e. The van der Waals surface area contributed by atoms with Gasteiger partial charge in [-0.15, -0.1) is 0 Å². The number of hydrogen-bond acceptors (Lipinski definition) is 4. The summed E-state index contributed by atoms with van der Waals surface area (Å²) >= 11 is 0. The van der Waals surface area contributed by atoms with Crippen molar-refractivity contribution in [1.82, 2.24) is 4.90 Å². The van der Waals surface area contributed by atoms with Gasteiger partial charge in [0.1, 0.15) is 12.4 Å². The second-order valence-corrected chi connectivity index (χ2v) is 5.64. The Kier molecular flexibility index (Phi) is 3.70. The lowest BCUT2D eigenvalue weighted by Gasteiger charge is -2.25. The number of nitrogens with zero attached hydrogens (tertiary/aromatic N) is 3. The zero-order valence-electron chi connectivity index (χ0n) is 11.6. The first-order valence-electron chi connectivity index (χ1n) is 7.30. The first kappa shape index (κ1) is 13.1. The van der Waals surface area contributed by atoms with Gasteiger partial charge in [-0.3, -0.25) is 9.69 Å². The van der Waals surface area contributed by atoms with E-state index in [4.69, 9.17) is 0 Å². The number of anilines is 1. The predicted octanol–water partition coefficient (Wildman–Crippen LogP) is 2.05. The molecule has 1 atom stereocenters. The van der Waals surface area contributed by atoms with Crippen molar-refractivity contribution in [3.05, 3.63) is 29.3 Å². The van der Waals surface area contributed by atoms with Gasteiger partial charge in [0, 0.05) is 24.7 Å². The van der Waals surface area contributed by atoms with Crippen LogP contribution in [0.4, 0.5) is 5.69 Å². The van der Waals surface area contributed by atoms with Gasteiger partial charge in [-0.05, 0) is 50.6 Å².